The molecule has 1 aliphatic carbocycles. The molecule has 1 aromatic carbocycles. The van der Waals surface area contributed by atoms with Crippen LogP contribution in [0.3, 0.4) is 0 Å². The third-order valence-corrected chi connectivity index (χ3v) is 3.92. The number of hydrogen-bond donors (Lipinski definition) is 0. The van der Waals surface area contributed by atoms with Gasteiger partial charge in [0, 0.05) is 18.7 Å². The minimum Gasteiger partial charge on any atom is -0.272 e. The lowest BCUT2D eigenvalue weighted by atomic mass is 10.2. The Kier molecular flexibility index (Phi) is 2.85. The van der Waals surface area contributed by atoms with Crippen LogP contribution in [-0.2, 0) is 7.05 Å². The number of nitrogens with zero attached hydrogens (tertiary/aromatic N) is 5. The first-order valence-corrected chi connectivity index (χ1v) is 7.36. The summed E-state index contributed by atoms with van der Waals surface area (Å²) in [7, 11) is 1.96. The van der Waals surface area contributed by atoms with Crippen LogP contribution in [0.5, 0.6) is 0 Å². The molecule has 0 radical (unpaired) electrons. The smallest absolute Gasteiger partial charge is 0.183 e. The molecule has 0 spiro atoms. The Morgan fingerprint density at radius 2 is 1.86 bits per heavy atom. The van der Waals surface area contributed by atoms with Gasteiger partial charge < -0.3 is 0 Å². The fraction of sp³-hybridized carbons (Fsp3) is 0.312. The highest BCUT2D eigenvalue weighted by atomic mass is 19.1. The van der Waals surface area contributed by atoms with Crippen LogP contribution in [0.1, 0.15) is 30.3 Å². The quantitative estimate of drug-likeness (QED) is 0.746. The molecule has 6 heteroatoms. The maximum absolute atomic E-state index is 13.1. The maximum atomic E-state index is 13.1. The number of aryl methyl sites for hydroxylation is 2. The van der Waals surface area contributed by atoms with Crippen molar-refractivity contribution in [3.63, 3.8) is 0 Å². The van der Waals surface area contributed by atoms with Gasteiger partial charge in [-0.25, -0.2) is 14.1 Å². The average molecular weight is 297 g/mol. The van der Waals surface area contributed by atoms with Crippen molar-refractivity contribution in [2.45, 2.75) is 25.7 Å². The van der Waals surface area contributed by atoms with Gasteiger partial charge in [0.05, 0.1) is 5.69 Å². The first-order chi connectivity index (χ1) is 10.6. The highest BCUT2D eigenvalue weighted by Crippen LogP contribution is 2.40. The predicted molar refractivity (Wildman–Crippen MR) is 80.2 cm³/mol. The number of rotatable bonds is 3. The van der Waals surface area contributed by atoms with E-state index in [1.165, 1.54) is 30.7 Å². The number of halogens is 1. The van der Waals surface area contributed by atoms with Crippen LogP contribution in [0.2, 0.25) is 0 Å². The first kappa shape index (κ1) is 13.2. The molecule has 1 fully saturated rings. The van der Waals surface area contributed by atoms with E-state index in [0.717, 1.165) is 11.4 Å². The fourth-order valence-electron chi connectivity index (χ4n) is 2.70. The van der Waals surface area contributed by atoms with Crippen LogP contribution in [0.25, 0.3) is 17.2 Å². The van der Waals surface area contributed by atoms with E-state index in [1.807, 2.05) is 18.7 Å². The Morgan fingerprint density at radius 1 is 1.14 bits per heavy atom. The summed E-state index contributed by atoms with van der Waals surface area (Å²) in [6.07, 6.45) is 2.45. The van der Waals surface area contributed by atoms with Gasteiger partial charge in [-0.1, -0.05) is 0 Å². The van der Waals surface area contributed by atoms with Gasteiger partial charge in [0.1, 0.15) is 17.3 Å². The van der Waals surface area contributed by atoms with Gasteiger partial charge in [-0.3, -0.25) is 4.68 Å². The highest BCUT2D eigenvalue weighted by molar-refractivity contribution is 5.54. The van der Waals surface area contributed by atoms with E-state index in [9.17, 15) is 4.39 Å². The molecule has 2 aromatic heterocycles. The molecule has 4 rings (SSSR count). The van der Waals surface area contributed by atoms with Crippen molar-refractivity contribution in [3.8, 4) is 17.2 Å². The predicted octanol–water partition coefficient (Wildman–Crippen LogP) is 2.99. The lowest BCUT2D eigenvalue weighted by Gasteiger charge is -2.03. The lowest BCUT2D eigenvalue weighted by Crippen LogP contribution is -2.01. The van der Waals surface area contributed by atoms with Crippen molar-refractivity contribution in [3.05, 3.63) is 47.7 Å². The maximum Gasteiger partial charge on any atom is 0.183 e. The normalized spacial score (nSPS) is 14.5. The van der Waals surface area contributed by atoms with Crippen molar-refractivity contribution in [2.75, 3.05) is 0 Å². The molecule has 0 N–H and O–H groups in total. The molecule has 2 heterocycles. The molecular weight excluding hydrogens is 281 g/mol. The highest BCUT2D eigenvalue weighted by Gasteiger charge is 2.28. The molecule has 0 saturated heterocycles. The van der Waals surface area contributed by atoms with Crippen molar-refractivity contribution >= 4 is 0 Å². The standard InChI is InChI=1S/C16H16FN5/c1-10-18-16(14-9-15(11-3-4-11)21(2)20-14)22(19-10)13-7-5-12(17)6-8-13/h5-9,11H,3-4H2,1-2H3. The van der Waals surface area contributed by atoms with E-state index in [1.54, 1.807) is 16.8 Å². The molecule has 5 nitrogen and oxygen atoms in total. The van der Waals surface area contributed by atoms with E-state index >= 15 is 0 Å². The SMILES string of the molecule is Cc1nc(-c2cc(C3CC3)n(C)n2)n(-c2ccc(F)cc2)n1. The van der Waals surface area contributed by atoms with Gasteiger partial charge >= 0.3 is 0 Å². The Bertz CT molecular complexity index is 827. The van der Waals surface area contributed by atoms with Gasteiger partial charge in [0.15, 0.2) is 5.82 Å². The Balaban J connectivity index is 1.81. The topological polar surface area (TPSA) is 48.5 Å². The lowest BCUT2D eigenvalue weighted by molar-refractivity contribution is 0.627. The molecule has 0 atom stereocenters. The van der Waals surface area contributed by atoms with E-state index in [4.69, 9.17) is 0 Å². The summed E-state index contributed by atoms with van der Waals surface area (Å²) in [5.74, 6) is 1.70. The summed E-state index contributed by atoms with van der Waals surface area (Å²) >= 11 is 0. The molecule has 112 valence electrons. The summed E-state index contributed by atoms with van der Waals surface area (Å²) in [6.45, 7) is 1.84. The minimum atomic E-state index is -0.268. The molecule has 1 saturated carbocycles. The molecule has 1 aliphatic rings. The summed E-state index contributed by atoms with van der Waals surface area (Å²) < 4.78 is 16.8. The van der Waals surface area contributed by atoms with E-state index < -0.39 is 0 Å². The Morgan fingerprint density at radius 3 is 2.55 bits per heavy atom. The number of hydrogen-bond acceptors (Lipinski definition) is 3. The third-order valence-electron chi connectivity index (χ3n) is 3.92. The number of aromatic nitrogens is 5. The fourth-order valence-corrected chi connectivity index (χ4v) is 2.70. The second-order valence-electron chi connectivity index (χ2n) is 5.72. The van der Waals surface area contributed by atoms with E-state index in [-0.39, 0.29) is 5.82 Å². The molecule has 3 aromatic rings. The molecule has 22 heavy (non-hydrogen) atoms. The van der Waals surface area contributed by atoms with Crippen molar-refractivity contribution < 1.29 is 4.39 Å². The van der Waals surface area contributed by atoms with Crippen molar-refractivity contribution in [1.29, 1.82) is 0 Å². The Labute approximate surface area is 127 Å². The van der Waals surface area contributed by atoms with Gasteiger partial charge in [0.25, 0.3) is 0 Å². The molecular formula is C16H16FN5. The molecule has 0 unspecified atom stereocenters. The van der Waals surface area contributed by atoms with E-state index in [2.05, 4.69) is 21.2 Å². The van der Waals surface area contributed by atoms with Gasteiger partial charge in [-0.15, -0.1) is 0 Å². The zero-order chi connectivity index (χ0) is 15.3. The van der Waals surface area contributed by atoms with Crippen LogP contribution in [-0.4, -0.2) is 24.5 Å². The average Bonchev–Trinajstić information content (AvgIpc) is 3.16. The van der Waals surface area contributed by atoms with Crippen LogP contribution in [0.4, 0.5) is 4.39 Å². The second kappa shape index (κ2) is 4.76. The van der Waals surface area contributed by atoms with Crippen LogP contribution in [0, 0.1) is 12.7 Å². The zero-order valence-electron chi connectivity index (χ0n) is 12.5. The van der Waals surface area contributed by atoms with Crippen molar-refractivity contribution in [1.82, 2.24) is 24.5 Å². The monoisotopic (exact) mass is 297 g/mol. The molecule has 0 bridgehead atoms. The van der Waals surface area contributed by atoms with Crippen LogP contribution in [0.15, 0.2) is 30.3 Å². The summed E-state index contributed by atoms with van der Waals surface area (Å²) in [5.41, 5.74) is 2.81. The Hall–Kier alpha value is -2.50. The van der Waals surface area contributed by atoms with Crippen LogP contribution >= 0.6 is 0 Å². The second-order valence-corrected chi connectivity index (χ2v) is 5.72. The van der Waals surface area contributed by atoms with Gasteiger partial charge in [0.2, 0.25) is 0 Å². The molecule has 0 aliphatic heterocycles. The number of benzene rings is 1. The third kappa shape index (κ3) is 2.20. The summed E-state index contributed by atoms with van der Waals surface area (Å²) in [4.78, 5) is 4.50. The van der Waals surface area contributed by atoms with Gasteiger partial charge in [-0.2, -0.15) is 10.2 Å². The van der Waals surface area contributed by atoms with E-state index in [0.29, 0.717) is 17.6 Å². The largest absolute Gasteiger partial charge is 0.272 e. The summed E-state index contributed by atoms with van der Waals surface area (Å²) in [6, 6.07) is 8.31. The molecule has 0 amide bonds. The van der Waals surface area contributed by atoms with Crippen LogP contribution < -0.4 is 0 Å². The first-order valence-electron chi connectivity index (χ1n) is 7.36. The summed E-state index contributed by atoms with van der Waals surface area (Å²) in [5, 5.41) is 9.00. The zero-order valence-corrected chi connectivity index (χ0v) is 12.5. The minimum absolute atomic E-state index is 0.268. The van der Waals surface area contributed by atoms with Crippen molar-refractivity contribution in [2.24, 2.45) is 7.05 Å². The van der Waals surface area contributed by atoms with Gasteiger partial charge in [-0.05, 0) is 50.1 Å².